The Morgan fingerprint density at radius 2 is 1.81 bits per heavy atom. The van der Waals surface area contributed by atoms with Crippen LogP contribution in [0.1, 0.15) is 27.9 Å². The third-order valence-electron chi connectivity index (χ3n) is 4.39. The average molecular weight is 391 g/mol. The van der Waals surface area contributed by atoms with E-state index in [1.807, 2.05) is 31.2 Å². The van der Waals surface area contributed by atoms with E-state index in [2.05, 4.69) is 5.32 Å². The molecule has 2 aromatic carbocycles. The lowest BCUT2D eigenvalue weighted by atomic mass is 10.1. The molecule has 0 fully saturated rings. The maximum atomic E-state index is 12.4. The van der Waals surface area contributed by atoms with E-state index in [0.717, 1.165) is 30.4 Å². The Kier molecular flexibility index (Phi) is 6.85. The third-order valence-corrected chi connectivity index (χ3v) is 5.59. The van der Waals surface area contributed by atoms with Gasteiger partial charge in [0.15, 0.2) is 0 Å². The maximum Gasteiger partial charge on any atom is 0.251 e. The molecule has 0 unspecified atom stereocenters. The number of nitrogens with zero attached hydrogens (tertiary/aromatic N) is 1. The van der Waals surface area contributed by atoms with Gasteiger partial charge in [-0.1, -0.05) is 18.2 Å². The van der Waals surface area contributed by atoms with Crippen molar-refractivity contribution in [2.75, 3.05) is 31.3 Å². The van der Waals surface area contributed by atoms with Gasteiger partial charge in [0.05, 0.1) is 19.1 Å². The molecule has 2 rings (SSSR count). The van der Waals surface area contributed by atoms with Gasteiger partial charge < -0.3 is 10.1 Å². The standard InChI is InChI=1S/C20H26N2O4S/c1-15-7-10-17(14-19(15)22(2)27(4,24)25)20(23)21-13-5-6-16-8-11-18(26-3)12-9-16/h7-12,14H,5-6,13H2,1-4H3,(H,21,23). The van der Waals surface area contributed by atoms with Crippen LogP contribution in [0.25, 0.3) is 0 Å². The van der Waals surface area contributed by atoms with Gasteiger partial charge in [0.1, 0.15) is 5.75 Å². The summed E-state index contributed by atoms with van der Waals surface area (Å²) in [5, 5.41) is 2.88. The number of hydrogen-bond acceptors (Lipinski definition) is 4. The second-order valence-electron chi connectivity index (χ2n) is 6.44. The first-order valence-electron chi connectivity index (χ1n) is 8.68. The molecule has 6 nitrogen and oxygen atoms in total. The fraction of sp³-hybridized carbons (Fsp3) is 0.350. The fourth-order valence-corrected chi connectivity index (χ4v) is 3.21. The Morgan fingerprint density at radius 3 is 2.41 bits per heavy atom. The van der Waals surface area contributed by atoms with Crippen LogP contribution in [0.2, 0.25) is 0 Å². The van der Waals surface area contributed by atoms with E-state index >= 15 is 0 Å². The van der Waals surface area contributed by atoms with Crippen LogP contribution < -0.4 is 14.4 Å². The summed E-state index contributed by atoms with van der Waals surface area (Å²) < 4.78 is 29.9. The summed E-state index contributed by atoms with van der Waals surface area (Å²) in [5.41, 5.74) is 2.91. The molecular formula is C20H26N2O4S. The Hall–Kier alpha value is -2.54. The highest BCUT2D eigenvalue weighted by atomic mass is 32.2. The number of carbonyl (C=O) groups excluding carboxylic acids is 1. The predicted molar refractivity (Wildman–Crippen MR) is 108 cm³/mol. The van der Waals surface area contributed by atoms with Crippen molar-refractivity contribution in [1.29, 1.82) is 0 Å². The van der Waals surface area contributed by atoms with Gasteiger partial charge in [-0.2, -0.15) is 0 Å². The van der Waals surface area contributed by atoms with Crippen molar-refractivity contribution >= 4 is 21.6 Å². The Morgan fingerprint density at radius 1 is 1.15 bits per heavy atom. The molecule has 0 aliphatic heterocycles. The molecule has 2 aromatic rings. The molecule has 0 aliphatic carbocycles. The van der Waals surface area contributed by atoms with E-state index in [4.69, 9.17) is 4.74 Å². The van der Waals surface area contributed by atoms with Gasteiger partial charge in [-0.25, -0.2) is 8.42 Å². The molecule has 0 heterocycles. The molecular weight excluding hydrogens is 364 g/mol. The minimum Gasteiger partial charge on any atom is -0.497 e. The summed E-state index contributed by atoms with van der Waals surface area (Å²) >= 11 is 0. The van der Waals surface area contributed by atoms with Gasteiger partial charge in [-0.3, -0.25) is 9.10 Å². The number of nitrogens with one attached hydrogen (secondary N) is 1. The van der Waals surface area contributed by atoms with E-state index in [-0.39, 0.29) is 5.91 Å². The number of rotatable bonds is 8. The highest BCUT2D eigenvalue weighted by Gasteiger charge is 2.16. The van der Waals surface area contributed by atoms with Crippen molar-refractivity contribution in [3.8, 4) is 5.75 Å². The number of hydrogen-bond donors (Lipinski definition) is 1. The highest BCUT2D eigenvalue weighted by Crippen LogP contribution is 2.22. The van der Waals surface area contributed by atoms with Crippen LogP contribution >= 0.6 is 0 Å². The second kappa shape index (κ2) is 8.90. The molecule has 146 valence electrons. The van der Waals surface area contributed by atoms with Crippen molar-refractivity contribution in [3.05, 3.63) is 59.2 Å². The molecule has 7 heteroatoms. The monoisotopic (exact) mass is 390 g/mol. The first-order valence-corrected chi connectivity index (χ1v) is 10.5. The summed E-state index contributed by atoms with van der Waals surface area (Å²) in [6.07, 6.45) is 2.79. The lowest BCUT2D eigenvalue weighted by Gasteiger charge is -2.19. The van der Waals surface area contributed by atoms with Crippen LogP contribution in [0, 0.1) is 6.92 Å². The number of methoxy groups -OCH3 is 1. The SMILES string of the molecule is COc1ccc(CCCNC(=O)c2ccc(C)c(N(C)S(C)(=O)=O)c2)cc1. The number of sulfonamides is 1. The zero-order chi connectivity index (χ0) is 20.0. The number of carbonyl (C=O) groups is 1. The number of benzene rings is 2. The molecule has 0 radical (unpaired) electrons. The quantitative estimate of drug-likeness (QED) is 0.703. The first kappa shape index (κ1) is 20.8. The molecule has 0 aromatic heterocycles. The normalized spacial score (nSPS) is 11.1. The Balaban J connectivity index is 1.93. The summed E-state index contributed by atoms with van der Waals surface area (Å²) in [6, 6.07) is 12.9. The predicted octanol–water partition coefficient (Wildman–Crippen LogP) is 2.76. The minimum absolute atomic E-state index is 0.215. The highest BCUT2D eigenvalue weighted by molar-refractivity contribution is 7.92. The van der Waals surface area contributed by atoms with Crippen molar-refractivity contribution in [2.24, 2.45) is 0 Å². The lowest BCUT2D eigenvalue weighted by Crippen LogP contribution is -2.27. The van der Waals surface area contributed by atoms with E-state index in [9.17, 15) is 13.2 Å². The van der Waals surface area contributed by atoms with Gasteiger partial charge >= 0.3 is 0 Å². The molecule has 0 spiro atoms. The molecule has 0 saturated carbocycles. The number of aryl methyl sites for hydroxylation is 2. The lowest BCUT2D eigenvalue weighted by molar-refractivity contribution is 0.0953. The summed E-state index contributed by atoms with van der Waals surface area (Å²) in [6.45, 7) is 2.35. The van der Waals surface area contributed by atoms with Crippen LogP contribution in [-0.4, -0.2) is 41.3 Å². The van der Waals surface area contributed by atoms with Crippen LogP contribution in [0.4, 0.5) is 5.69 Å². The molecule has 0 bridgehead atoms. The Bertz CT molecular complexity index is 893. The second-order valence-corrected chi connectivity index (χ2v) is 8.45. The molecule has 1 amide bonds. The van der Waals surface area contributed by atoms with Crippen LogP contribution in [0.5, 0.6) is 5.75 Å². The minimum atomic E-state index is -3.38. The van der Waals surface area contributed by atoms with E-state index in [1.165, 1.54) is 16.9 Å². The first-order chi connectivity index (χ1) is 12.7. The fourth-order valence-electron chi connectivity index (χ4n) is 2.66. The van der Waals surface area contributed by atoms with E-state index < -0.39 is 10.0 Å². The zero-order valence-corrected chi connectivity index (χ0v) is 17.0. The van der Waals surface area contributed by atoms with Gasteiger partial charge in [0.25, 0.3) is 5.91 Å². The number of ether oxygens (including phenoxy) is 1. The average Bonchev–Trinajstić information content (AvgIpc) is 2.64. The van der Waals surface area contributed by atoms with Gasteiger partial charge in [-0.05, 0) is 55.2 Å². The maximum absolute atomic E-state index is 12.4. The van der Waals surface area contributed by atoms with Crippen molar-refractivity contribution in [2.45, 2.75) is 19.8 Å². The van der Waals surface area contributed by atoms with Crippen LogP contribution in [0.3, 0.4) is 0 Å². The number of amides is 1. The van der Waals surface area contributed by atoms with Crippen LogP contribution in [-0.2, 0) is 16.4 Å². The van der Waals surface area contributed by atoms with E-state index in [1.54, 1.807) is 25.3 Å². The smallest absolute Gasteiger partial charge is 0.251 e. The van der Waals surface area contributed by atoms with Crippen molar-refractivity contribution in [1.82, 2.24) is 5.32 Å². The number of anilines is 1. The largest absolute Gasteiger partial charge is 0.497 e. The van der Waals surface area contributed by atoms with Crippen molar-refractivity contribution < 1.29 is 17.9 Å². The van der Waals surface area contributed by atoms with Crippen molar-refractivity contribution in [3.63, 3.8) is 0 Å². The molecule has 0 atom stereocenters. The van der Waals surface area contributed by atoms with Gasteiger partial charge in [0.2, 0.25) is 10.0 Å². The van der Waals surface area contributed by atoms with Gasteiger partial charge in [-0.15, -0.1) is 0 Å². The summed E-state index contributed by atoms with van der Waals surface area (Å²) in [4.78, 5) is 12.4. The Labute approximate surface area is 161 Å². The van der Waals surface area contributed by atoms with Gasteiger partial charge in [0, 0.05) is 19.2 Å². The van der Waals surface area contributed by atoms with E-state index in [0.29, 0.717) is 17.8 Å². The summed E-state index contributed by atoms with van der Waals surface area (Å²) in [7, 11) is -0.271. The molecule has 0 saturated heterocycles. The molecule has 27 heavy (non-hydrogen) atoms. The molecule has 1 N–H and O–H groups in total. The van der Waals surface area contributed by atoms with Crippen LogP contribution in [0.15, 0.2) is 42.5 Å². The molecule has 0 aliphatic rings. The third kappa shape index (κ3) is 5.72. The topological polar surface area (TPSA) is 75.7 Å². The summed E-state index contributed by atoms with van der Waals surface area (Å²) in [5.74, 6) is 0.606. The zero-order valence-electron chi connectivity index (χ0n) is 16.2.